The number of hydrogen-bond donors (Lipinski definition) is 1. The molecule has 0 unspecified atom stereocenters. The smallest absolute Gasteiger partial charge is 0.278 e. The van der Waals surface area contributed by atoms with Crippen molar-refractivity contribution in [3.05, 3.63) is 71.4 Å². The standard InChI is InChI=1S/C23H26N2O3/c1-16(2)28-15-7-14-25-22(26)20(18-12-10-17(3)11-13-18)21(23(25)27)24-19-8-5-4-6-9-19/h4-6,8-13,16,24H,7,14-15H2,1-3H3. The molecule has 0 atom stereocenters. The number of hydrogen-bond acceptors (Lipinski definition) is 4. The van der Waals surface area contributed by atoms with Gasteiger partial charge < -0.3 is 10.1 Å². The van der Waals surface area contributed by atoms with E-state index in [9.17, 15) is 9.59 Å². The molecule has 5 heteroatoms. The topological polar surface area (TPSA) is 58.6 Å². The minimum absolute atomic E-state index is 0.126. The lowest BCUT2D eigenvalue weighted by Crippen LogP contribution is -2.34. The van der Waals surface area contributed by atoms with Crippen LogP contribution in [0.1, 0.15) is 31.4 Å². The van der Waals surface area contributed by atoms with Gasteiger partial charge in [0.1, 0.15) is 5.70 Å². The Morgan fingerprint density at radius 1 is 0.964 bits per heavy atom. The zero-order valence-electron chi connectivity index (χ0n) is 16.6. The lowest BCUT2D eigenvalue weighted by atomic mass is 10.0. The van der Waals surface area contributed by atoms with Crippen molar-refractivity contribution in [1.82, 2.24) is 4.90 Å². The molecule has 2 aromatic carbocycles. The molecular weight excluding hydrogens is 352 g/mol. The molecular formula is C23H26N2O3. The van der Waals surface area contributed by atoms with Crippen molar-refractivity contribution in [1.29, 1.82) is 0 Å². The highest BCUT2D eigenvalue weighted by Gasteiger charge is 2.38. The van der Waals surface area contributed by atoms with Gasteiger partial charge in [0.15, 0.2) is 0 Å². The van der Waals surface area contributed by atoms with Gasteiger partial charge in [-0.3, -0.25) is 14.5 Å². The fourth-order valence-electron chi connectivity index (χ4n) is 3.09. The van der Waals surface area contributed by atoms with Crippen molar-refractivity contribution >= 4 is 23.1 Å². The lowest BCUT2D eigenvalue weighted by Gasteiger charge is -2.16. The minimum atomic E-state index is -0.297. The predicted octanol–water partition coefficient (Wildman–Crippen LogP) is 4.00. The highest BCUT2D eigenvalue weighted by molar-refractivity contribution is 6.36. The van der Waals surface area contributed by atoms with Crippen LogP contribution in [-0.2, 0) is 14.3 Å². The Morgan fingerprint density at radius 2 is 1.64 bits per heavy atom. The predicted molar refractivity (Wildman–Crippen MR) is 111 cm³/mol. The molecule has 0 spiro atoms. The van der Waals surface area contributed by atoms with Gasteiger partial charge >= 0.3 is 0 Å². The quantitative estimate of drug-likeness (QED) is 0.557. The maximum atomic E-state index is 13.1. The molecule has 2 amide bonds. The summed E-state index contributed by atoms with van der Waals surface area (Å²) in [6, 6.07) is 17.1. The van der Waals surface area contributed by atoms with Crippen LogP contribution in [0.15, 0.2) is 60.3 Å². The summed E-state index contributed by atoms with van der Waals surface area (Å²) in [7, 11) is 0. The summed E-state index contributed by atoms with van der Waals surface area (Å²) < 4.78 is 5.54. The molecule has 5 nitrogen and oxygen atoms in total. The van der Waals surface area contributed by atoms with E-state index in [1.165, 1.54) is 4.90 Å². The molecule has 1 aliphatic heterocycles. The molecule has 0 radical (unpaired) electrons. The van der Waals surface area contributed by atoms with Crippen LogP contribution in [0.2, 0.25) is 0 Å². The van der Waals surface area contributed by atoms with Gasteiger partial charge in [0, 0.05) is 18.8 Å². The van der Waals surface area contributed by atoms with Gasteiger partial charge in [0.2, 0.25) is 0 Å². The van der Waals surface area contributed by atoms with Crippen molar-refractivity contribution in [2.75, 3.05) is 18.5 Å². The lowest BCUT2D eigenvalue weighted by molar-refractivity contribution is -0.137. The van der Waals surface area contributed by atoms with Gasteiger partial charge in [-0.15, -0.1) is 0 Å². The Morgan fingerprint density at radius 3 is 2.29 bits per heavy atom. The first-order valence-electron chi connectivity index (χ1n) is 9.58. The van der Waals surface area contributed by atoms with Gasteiger partial charge in [0.05, 0.1) is 11.7 Å². The van der Waals surface area contributed by atoms with E-state index >= 15 is 0 Å². The zero-order chi connectivity index (χ0) is 20.1. The molecule has 3 rings (SSSR count). The first-order chi connectivity index (χ1) is 13.5. The summed E-state index contributed by atoms with van der Waals surface area (Å²) in [5.74, 6) is -0.564. The van der Waals surface area contributed by atoms with Gasteiger partial charge in [0.25, 0.3) is 11.8 Å². The van der Waals surface area contributed by atoms with Crippen LogP contribution in [0.25, 0.3) is 5.57 Å². The van der Waals surface area contributed by atoms with Crippen LogP contribution in [0.5, 0.6) is 0 Å². The van der Waals surface area contributed by atoms with E-state index in [1.807, 2.05) is 75.4 Å². The van der Waals surface area contributed by atoms with Crippen LogP contribution < -0.4 is 5.32 Å². The average Bonchev–Trinajstić information content (AvgIpc) is 2.90. The summed E-state index contributed by atoms with van der Waals surface area (Å²) in [4.78, 5) is 27.4. The Balaban J connectivity index is 1.88. The SMILES string of the molecule is Cc1ccc(C2=C(Nc3ccccc3)C(=O)N(CCCOC(C)C)C2=O)cc1. The first kappa shape index (κ1) is 19.8. The van der Waals surface area contributed by atoms with E-state index in [-0.39, 0.29) is 17.9 Å². The zero-order valence-corrected chi connectivity index (χ0v) is 16.6. The Labute approximate surface area is 166 Å². The molecule has 0 fully saturated rings. The molecule has 0 aliphatic carbocycles. The second kappa shape index (κ2) is 8.85. The van der Waals surface area contributed by atoms with Crippen LogP contribution >= 0.6 is 0 Å². The number of para-hydroxylation sites is 1. The molecule has 1 heterocycles. The van der Waals surface area contributed by atoms with Crippen LogP contribution in [0, 0.1) is 6.92 Å². The van der Waals surface area contributed by atoms with Crippen molar-refractivity contribution < 1.29 is 14.3 Å². The van der Waals surface area contributed by atoms with Crippen LogP contribution in [0.3, 0.4) is 0 Å². The summed E-state index contributed by atoms with van der Waals surface area (Å²) in [5, 5.41) is 3.16. The Kier molecular flexibility index (Phi) is 6.26. The van der Waals surface area contributed by atoms with E-state index in [0.717, 1.165) is 16.8 Å². The van der Waals surface area contributed by atoms with Crippen molar-refractivity contribution in [2.45, 2.75) is 33.3 Å². The fraction of sp³-hybridized carbons (Fsp3) is 0.304. The molecule has 0 aromatic heterocycles. The number of aryl methyl sites for hydroxylation is 1. The molecule has 2 aromatic rings. The van der Waals surface area contributed by atoms with E-state index in [1.54, 1.807) is 0 Å². The third kappa shape index (κ3) is 4.49. The molecule has 0 saturated heterocycles. The van der Waals surface area contributed by atoms with Gasteiger partial charge in [-0.05, 0) is 44.9 Å². The number of nitrogens with one attached hydrogen (secondary N) is 1. The van der Waals surface area contributed by atoms with Crippen LogP contribution in [0.4, 0.5) is 5.69 Å². The molecule has 28 heavy (non-hydrogen) atoms. The summed E-state index contributed by atoms with van der Waals surface area (Å²) >= 11 is 0. The normalized spacial score (nSPS) is 14.4. The number of amides is 2. The summed E-state index contributed by atoms with van der Waals surface area (Å²) in [5.41, 5.74) is 3.35. The van der Waals surface area contributed by atoms with E-state index in [2.05, 4.69) is 5.32 Å². The fourth-order valence-corrected chi connectivity index (χ4v) is 3.09. The number of rotatable bonds is 8. The summed E-state index contributed by atoms with van der Waals surface area (Å²) in [6.07, 6.45) is 0.733. The van der Waals surface area contributed by atoms with E-state index in [0.29, 0.717) is 30.8 Å². The Hall–Kier alpha value is -2.92. The second-order valence-corrected chi connectivity index (χ2v) is 7.14. The molecule has 1 N–H and O–H groups in total. The molecule has 0 bridgehead atoms. The third-order valence-corrected chi connectivity index (χ3v) is 4.53. The van der Waals surface area contributed by atoms with Gasteiger partial charge in [-0.1, -0.05) is 48.0 Å². The second-order valence-electron chi connectivity index (χ2n) is 7.14. The van der Waals surface area contributed by atoms with Crippen LogP contribution in [-0.4, -0.2) is 36.0 Å². The number of carbonyl (C=O) groups excluding carboxylic acids is 2. The first-order valence-corrected chi connectivity index (χ1v) is 9.58. The third-order valence-electron chi connectivity index (χ3n) is 4.53. The van der Waals surface area contributed by atoms with E-state index < -0.39 is 0 Å². The number of nitrogens with zero attached hydrogens (tertiary/aromatic N) is 1. The highest BCUT2D eigenvalue weighted by Crippen LogP contribution is 2.30. The molecule has 1 aliphatic rings. The summed E-state index contributed by atoms with van der Waals surface area (Å²) in [6.45, 7) is 6.76. The molecule has 146 valence electrons. The Bertz CT molecular complexity index is 870. The highest BCUT2D eigenvalue weighted by atomic mass is 16.5. The number of ether oxygens (including phenoxy) is 1. The van der Waals surface area contributed by atoms with E-state index in [4.69, 9.17) is 4.74 Å². The maximum absolute atomic E-state index is 13.1. The molecule has 0 saturated carbocycles. The maximum Gasteiger partial charge on any atom is 0.278 e. The number of benzene rings is 2. The van der Waals surface area contributed by atoms with Crippen molar-refractivity contribution in [2.24, 2.45) is 0 Å². The largest absolute Gasteiger partial charge is 0.379 e. The minimum Gasteiger partial charge on any atom is -0.379 e. The monoisotopic (exact) mass is 378 g/mol. The van der Waals surface area contributed by atoms with Crippen molar-refractivity contribution in [3.63, 3.8) is 0 Å². The van der Waals surface area contributed by atoms with Gasteiger partial charge in [-0.2, -0.15) is 0 Å². The average molecular weight is 378 g/mol. The number of anilines is 1. The van der Waals surface area contributed by atoms with Crippen molar-refractivity contribution in [3.8, 4) is 0 Å². The number of carbonyl (C=O) groups is 2. The van der Waals surface area contributed by atoms with Gasteiger partial charge in [-0.25, -0.2) is 0 Å². The number of imide groups is 1.